The Morgan fingerprint density at radius 2 is 2.47 bits per heavy atom. The molecule has 0 spiro atoms. The maximum Gasteiger partial charge on any atom is 0.0925 e. The Bertz CT molecular complexity index is 421. The highest BCUT2D eigenvalue weighted by molar-refractivity contribution is 5.16. The Morgan fingerprint density at radius 3 is 3.35 bits per heavy atom. The predicted molar refractivity (Wildman–Crippen MR) is 67.7 cm³/mol. The van der Waals surface area contributed by atoms with Crippen LogP contribution in [0.2, 0.25) is 0 Å². The summed E-state index contributed by atoms with van der Waals surface area (Å²) in [5.41, 5.74) is 4.02. The summed E-state index contributed by atoms with van der Waals surface area (Å²) in [6.07, 6.45) is 6.42. The van der Waals surface area contributed by atoms with Crippen molar-refractivity contribution in [2.75, 3.05) is 19.6 Å². The van der Waals surface area contributed by atoms with Crippen LogP contribution in [-0.4, -0.2) is 40.5 Å². The molecule has 3 rings (SSSR count). The maximum absolute atomic E-state index is 4.39. The number of fused-ring (bicyclic) bond motifs is 1. The van der Waals surface area contributed by atoms with E-state index in [0.717, 1.165) is 26.1 Å². The lowest BCUT2D eigenvalue weighted by atomic mass is 10.0. The van der Waals surface area contributed by atoms with Crippen molar-refractivity contribution in [1.29, 1.82) is 0 Å². The Balaban J connectivity index is 1.59. The molecule has 1 aromatic heterocycles. The Morgan fingerprint density at radius 1 is 1.53 bits per heavy atom. The molecule has 2 aliphatic heterocycles. The Hall–Kier alpha value is -1.13. The number of aromatic amines is 1. The molecule has 1 atom stereocenters. The molecule has 0 fully saturated rings. The monoisotopic (exact) mass is 232 g/mol. The van der Waals surface area contributed by atoms with Gasteiger partial charge in [-0.2, -0.15) is 0 Å². The molecule has 2 aliphatic rings. The fraction of sp³-hybridized carbons (Fsp3) is 0.615. The van der Waals surface area contributed by atoms with Crippen LogP contribution >= 0.6 is 0 Å². The second kappa shape index (κ2) is 4.63. The van der Waals surface area contributed by atoms with Crippen LogP contribution in [0.5, 0.6) is 0 Å². The van der Waals surface area contributed by atoms with Gasteiger partial charge >= 0.3 is 0 Å². The molecule has 1 unspecified atom stereocenters. The van der Waals surface area contributed by atoms with Crippen molar-refractivity contribution < 1.29 is 0 Å². The summed E-state index contributed by atoms with van der Waals surface area (Å²) in [4.78, 5) is 10.1. The number of imidazole rings is 1. The van der Waals surface area contributed by atoms with Crippen LogP contribution < -0.4 is 5.32 Å². The number of H-pyrrole nitrogens is 1. The second-order valence-electron chi connectivity index (χ2n) is 5.18. The van der Waals surface area contributed by atoms with E-state index < -0.39 is 0 Å². The minimum Gasteiger partial charge on any atom is -0.347 e. The number of nitrogens with zero attached hydrogens (tertiary/aromatic N) is 2. The van der Waals surface area contributed by atoms with Gasteiger partial charge in [0.15, 0.2) is 0 Å². The van der Waals surface area contributed by atoms with Crippen LogP contribution in [0.4, 0.5) is 0 Å². The number of rotatable bonds is 2. The van der Waals surface area contributed by atoms with Gasteiger partial charge in [0, 0.05) is 38.6 Å². The minimum atomic E-state index is 0.552. The van der Waals surface area contributed by atoms with Crippen LogP contribution in [0.3, 0.4) is 0 Å². The molecular formula is C13H20N4. The zero-order valence-electron chi connectivity index (χ0n) is 10.4. The van der Waals surface area contributed by atoms with E-state index in [2.05, 4.69) is 33.2 Å². The van der Waals surface area contributed by atoms with E-state index in [0.29, 0.717) is 6.04 Å². The lowest BCUT2D eigenvalue weighted by molar-refractivity contribution is 0.247. The van der Waals surface area contributed by atoms with Gasteiger partial charge in [-0.3, -0.25) is 4.90 Å². The van der Waals surface area contributed by atoms with Gasteiger partial charge in [0.1, 0.15) is 0 Å². The molecule has 0 radical (unpaired) electrons. The zero-order valence-corrected chi connectivity index (χ0v) is 10.4. The van der Waals surface area contributed by atoms with E-state index in [4.69, 9.17) is 0 Å². The number of aromatic nitrogens is 2. The van der Waals surface area contributed by atoms with E-state index in [-0.39, 0.29) is 0 Å². The highest BCUT2D eigenvalue weighted by Gasteiger charge is 2.22. The first-order chi connectivity index (χ1) is 8.31. The zero-order chi connectivity index (χ0) is 11.7. The lowest BCUT2D eigenvalue weighted by Gasteiger charge is -2.32. The molecule has 0 saturated carbocycles. The first-order valence-electron chi connectivity index (χ1n) is 6.44. The molecule has 1 aromatic rings. The molecule has 0 aromatic carbocycles. The second-order valence-corrected chi connectivity index (χ2v) is 5.18. The molecule has 2 N–H and O–H groups in total. The van der Waals surface area contributed by atoms with Crippen molar-refractivity contribution >= 4 is 0 Å². The summed E-state index contributed by atoms with van der Waals surface area (Å²) in [6, 6.07) is 0.552. The number of hydrogen-bond acceptors (Lipinski definition) is 3. The molecule has 17 heavy (non-hydrogen) atoms. The summed E-state index contributed by atoms with van der Waals surface area (Å²) in [6.45, 7) is 6.63. The molecule has 0 bridgehead atoms. The van der Waals surface area contributed by atoms with Gasteiger partial charge in [-0.15, -0.1) is 0 Å². The van der Waals surface area contributed by atoms with Crippen molar-refractivity contribution in [3.8, 4) is 0 Å². The first-order valence-corrected chi connectivity index (χ1v) is 6.44. The highest BCUT2D eigenvalue weighted by Crippen LogP contribution is 2.15. The third-order valence-electron chi connectivity index (χ3n) is 3.70. The average Bonchev–Trinajstić information content (AvgIpc) is 2.76. The van der Waals surface area contributed by atoms with Crippen molar-refractivity contribution in [1.82, 2.24) is 20.2 Å². The van der Waals surface area contributed by atoms with E-state index in [9.17, 15) is 0 Å². The van der Waals surface area contributed by atoms with Gasteiger partial charge in [-0.1, -0.05) is 11.6 Å². The fourth-order valence-electron chi connectivity index (χ4n) is 2.82. The van der Waals surface area contributed by atoms with E-state index in [1.165, 1.54) is 29.9 Å². The van der Waals surface area contributed by atoms with Crippen molar-refractivity contribution in [3.63, 3.8) is 0 Å². The average molecular weight is 232 g/mol. The van der Waals surface area contributed by atoms with Gasteiger partial charge in [0.05, 0.1) is 17.7 Å². The molecule has 3 heterocycles. The largest absolute Gasteiger partial charge is 0.347 e. The van der Waals surface area contributed by atoms with Gasteiger partial charge in [0.25, 0.3) is 0 Å². The highest BCUT2D eigenvalue weighted by atomic mass is 15.2. The van der Waals surface area contributed by atoms with Crippen LogP contribution in [0.1, 0.15) is 24.7 Å². The van der Waals surface area contributed by atoms with Gasteiger partial charge in [0.2, 0.25) is 0 Å². The topological polar surface area (TPSA) is 44.0 Å². The first kappa shape index (κ1) is 11.0. The van der Waals surface area contributed by atoms with Gasteiger partial charge in [-0.25, -0.2) is 4.98 Å². The van der Waals surface area contributed by atoms with Crippen LogP contribution in [0, 0.1) is 0 Å². The number of hydrogen-bond donors (Lipinski definition) is 2. The third-order valence-corrected chi connectivity index (χ3v) is 3.70. The van der Waals surface area contributed by atoms with Crippen LogP contribution in [0.25, 0.3) is 0 Å². The molecule has 0 amide bonds. The predicted octanol–water partition coefficient (Wildman–Crippen LogP) is 1.08. The molecule has 92 valence electrons. The molecule has 4 heteroatoms. The SMILES string of the molecule is CC1=CCCN(CC2Cc3nc[nH]c3CN2)C1. The van der Waals surface area contributed by atoms with E-state index >= 15 is 0 Å². The minimum absolute atomic E-state index is 0.552. The molecular weight excluding hydrogens is 212 g/mol. The Labute approximate surface area is 102 Å². The normalized spacial score (nSPS) is 25.5. The molecule has 0 aliphatic carbocycles. The molecule has 0 saturated heterocycles. The summed E-state index contributed by atoms with van der Waals surface area (Å²) in [5, 5.41) is 3.59. The Kier molecular flexibility index (Phi) is 2.99. The van der Waals surface area contributed by atoms with Crippen LogP contribution in [-0.2, 0) is 13.0 Å². The van der Waals surface area contributed by atoms with Crippen molar-refractivity contribution in [2.24, 2.45) is 0 Å². The van der Waals surface area contributed by atoms with E-state index in [1.807, 2.05) is 6.33 Å². The summed E-state index contributed by atoms with van der Waals surface area (Å²) in [5.74, 6) is 0. The van der Waals surface area contributed by atoms with Crippen molar-refractivity contribution in [2.45, 2.75) is 32.4 Å². The van der Waals surface area contributed by atoms with E-state index in [1.54, 1.807) is 0 Å². The summed E-state index contributed by atoms with van der Waals surface area (Å²) >= 11 is 0. The fourth-order valence-corrected chi connectivity index (χ4v) is 2.82. The number of nitrogens with one attached hydrogen (secondary N) is 2. The third kappa shape index (κ3) is 2.42. The summed E-state index contributed by atoms with van der Waals surface area (Å²) in [7, 11) is 0. The standard InChI is InChI=1S/C13H20N4/c1-10-3-2-4-17(7-10)8-11-5-12-13(6-14-11)16-9-15-12/h3,9,11,14H,2,4-8H2,1H3,(H,15,16). The lowest BCUT2D eigenvalue weighted by Crippen LogP contribution is -2.46. The maximum atomic E-state index is 4.39. The quantitative estimate of drug-likeness (QED) is 0.750. The molecule has 4 nitrogen and oxygen atoms in total. The van der Waals surface area contributed by atoms with Crippen molar-refractivity contribution in [3.05, 3.63) is 29.4 Å². The van der Waals surface area contributed by atoms with Crippen LogP contribution in [0.15, 0.2) is 18.0 Å². The van der Waals surface area contributed by atoms with Gasteiger partial charge in [-0.05, 0) is 13.3 Å². The smallest absolute Gasteiger partial charge is 0.0925 e. The summed E-state index contributed by atoms with van der Waals surface area (Å²) < 4.78 is 0. The van der Waals surface area contributed by atoms with Gasteiger partial charge < -0.3 is 10.3 Å².